The predicted octanol–water partition coefficient (Wildman–Crippen LogP) is 4.85. The van der Waals surface area contributed by atoms with Crippen LogP contribution < -0.4 is 15.0 Å². The van der Waals surface area contributed by atoms with E-state index in [-0.39, 0.29) is 5.91 Å². The summed E-state index contributed by atoms with van der Waals surface area (Å²) in [6.07, 6.45) is 1.55. The molecule has 0 atom stereocenters. The smallest absolute Gasteiger partial charge is 0.257 e. The number of amides is 1. The molecule has 170 valence electrons. The zero-order valence-electron chi connectivity index (χ0n) is 19.0. The summed E-state index contributed by atoms with van der Waals surface area (Å²) in [4.78, 5) is 24.3. The van der Waals surface area contributed by atoms with Crippen molar-refractivity contribution >= 4 is 23.1 Å². The number of aromatic nitrogens is 1. The second kappa shape index (κ2) is 11.5. The standard InChI is InChI=1S/C24H27N7O2/c1-30(2)14-15-31(17-18-8-11-20(33-3)12-9-18)23-13-10-19(16-26-23)24(32)27-21-6-4-5-7-22(21)28-29-25/h4-13,16H,14-15,17H2,1-3H3,(H,27,32). The summed E-state index contributed by atoms with van der Waals surface area (Å²) in [5.41, 5.74) is 11.0. The van der Waals surface area contributed by atoms with Crippen molar-refractivity contribution < 1.29 is 9.53 Å². The summed E-state index contributed by atoms with van der Waals surface area (Å²) in [6, 6.07) is 18.3. The normalized spacial score (nSPS) is 10.4. The van der Waals surface area contributed by atoms with Gasteiger partial charge in [0, 0.05) is 30.7 Å². The van der Waals surface area contributed by atoms with Crippen LogP contribution in [0.4, 0.5) is 17.2 Å². The maximum absolute atomic E-state index is 12.7. The van der Waals surface area contributed by atoms with Crippen LogP contribution in [-0.4, -0.2) is 50.1 Å². The van der Waals surface area contributed by atoms with E-state index < -0.39 is 0 Å². The summed E-state index contributed by atoms with van der Waals surface area (Å²) in [7, 11) is 5.70. The summed E-state index contributed by atoms with van der Waals surface area (Å²) < 4.78 is 5.24. The molecule has 0 aliphatic rings. The third kappa shape index (κ3) is 6.70. The maximum atomic E-state index is 12.7. The molecule has 9 heteroatoms. The number of anilines is 2. The average molecular weight is 446 g/mol. The second-order valence-electron chi connectivity index (χ2n) is 7.64. The number of nitrogens with one attached hydrogen (secondary N) is 1. The van der Waals surface area contributed by atoms with E-state index in [1.54, 1.807) is 43.6 Å². The van der Waals surface area contributed by atoms with E-state index >= 15 is 0 Å². The van der Waals surface area contributed by atoms with E-state index in [0.29, 0.717) is 23.5 Å². The fourth-order valence-corrected chi connectivity index (χ4v) is 3.16. The Morgan fingerprint density at radius 1 is 1.09 bits per heavy atom. The molecule has 9 nitrogen and oxygen atoms in total. The molecule has 0 aliphatic carbocycles. The number of ether oxygens (including phenoxy) is 1. The zero-order chi connectivity index (χ0) is 23.6. The molecule has 0 bridgehead atoms. The van der Waals surface area contributed by atoms with Crippen LogP contribution in [0.25, 0.3) is 10.4 Å². The largest absolute Gasteiger partial charge is 0.497 e. The lowest BCUT2D eigenvalue weighted by atomic mass is 10.2. The number of rotatable bonds is 10. The van der Waals surface area contributed by atoms with Crippen molar-refractivity contribution in [2.24, 2.45) is 5.11 Å². The SMILES string of the molecule is COc1ccc(CN(CCN(C)C)c2ccc(C(=O)Nc3ccccc3N=[N+]=[N-])cn2)cc1. The van der Waals surface area contributed by atoms with Crippen LogP contribution in [0.2, 0.25) is 0 Å². The molecule has 1 amide bonds. The van der Waals surface area contributed by atoms with Gasteiger partial charge in [-0.1, -0.05) is 35.4 Å². The molecule has 33 heavy (non-hydrogen) atoms. The molecule has 0 saturated carbocycles. The van der Waals surface area contributed by atoms with Crippen molar-refractivity contribution in [2.45, 2.75) is 6.54 Å². The van der Waals surface area contributed by atoms with Crippen molar-refractivity contribution in [1.29, 1.82) is 0 Å². The molecule has 3 aromatic rings. The van der Waals surface area contributed by atoms with Gasteiger partial charge in [-0.2, -0.15) is 0 Å². The monoisotopic (exact) mass is 445 g/mol. The number of hydrogen-bond donors (Lipinski definition) is 1. The number of carbonyl (C=O) groups is 1. The molecule has 3 rings (SSSR count). The fourth-order valence-electron chi connectivity index (χ4n) is 3.16. The van der Waals surface area contributed by atoms with Gasteiger partial charge in [0.05, 0.1) is 24.0 Å². The molecule has 0 spiro atoms. The average Bonchev–Trinajstić information content (AvgIpc) is 2.83. The topological polar surface area (TPSA) is 106 Å². The van der Waals surface area contributed by atoms with Gasteiger partial charge in [-0.15, -0.1) is 0 Å². The van der Waals surface area contributed by atoms with E-state index in [9.17, 15) is 4.79 Å². The van der Waals surface area contributed by atoms with Crippen LogP contribution in [0.15, 0.2) is 72.0 Å². The van der Waals surface area contributed by atoms with Crippen molar-refractivity contribution in [3.05, 3.63) is 88.4 Å². The summed E-state index contributed by atoms with van der Waals surface area (Å²) in [5.74, 6) is 1.26. The Morgan fingerprint density at radius 3 is 2.48 bits per heavy atom. The third-order valence-corrected chi connectivity index (χ3v) is 4.99. The highest BCUT2D eigenvalue weighted by Crippen LogP contribution is 2.25. The first-order chi connectivity index (χ1) is 16.0. The van der Waals surface area contributed by atoms with Crippen LogP contribution in [-0.2, 0) is 6.54 Å². The van der Waals surface area contributed by atoms with Crippen molar-refractivity contribution in [2.75, 3.05) is 44.5 Å². The van der Waals surface area contributed by atoms with Crippen LogP contribution in [0.1, 0.15) is 15.9 Å². The molecule has 0 fully saturated rings. The van der Waals surface area contributed by atoms with Gasteiger partial charge in [0.1, 0.15) is 11.6 Å². The molecule has 1 aromatic heterocycles. The van der Waals surface area contributed by atoms with Gasteiger partial charge in [0.25, 0.3) is 5.91 Å². The number of methoxy groups -OCH3 is 1. The number of benzene rings is 2. The second-order valence-corrected chi connectivity index (χ2v) is 7.64. The molecular formula is C24H27N7O2. The van der Waals surface area contributed by atoms with Gasteiger partial charge in [0.15, 0.2) is 0 Å². The van der Waals surface area contributed by atoms with Gasteiger partial charge in [-0.3, -0.25) is 4.79 Å². The molecule has 0 unspecified atom stereocenters. The maximum Gasteiger partial charge on any atom is 0.257 e. The van der Waals surface area contributed by atoms with Gasteiger partial charge in [-0.25, -0.2) is 4.98 Å². The molecule has 0 saturated heterocycles. The molecule has 0 aliphatic heterocycles. The lowest BCUT2D eigenvalue weighted by molar-refractivity contribution is 0.102. The van der Waals surface area contributed by atoms with Crippen LogP contribution in [0.5, 0.6) is 5.75 Å². The Hall–Kier alpha value is -4.07. The molecule has 1 heterocycles. The highest BCUT2D eigenvalue weighted by atomic mass is 16.5. The van der Waals surface area contributed by atoms with Crippen molar-refractivity contribution in [1.82, 2.24) is 9.88 Å². The Bertz CT molecular complexity index is 1110. The van der Waals surface area contributed by atoms with E-state index in [1.807, 2.05) is 44.4 Å². The number of hydrogen-bond acceptors (Lipinski definition) is 6. The molecule has 0 radical (unpaired) electrons. The lowest BCUT2D eigenvalue weighted by Crippen LogP contribution is -2.32. The highest BCUT2D eigenvalue weighted by Gasteiger charge is 2.13. The van der Waals surface area contributed by atoms with Gasteiger partial charge in [-0.05, 0) is 55.5 Å². The number of azide groups is 1. The minimum absolute atomic E-state index is 0.329. The van der Waals surface area contributed by atoms with Gasteiger partial charge in [0.2, 0.25) is 0 Å². The van der Waals surface area contributed by atoms with Crippen molar-refractivity contribution in [3.63, 3.8) is 0 Å². The quantitative estimate of drug-likeness (QED) is 0.273. The first-order valence-corrected chi connectivity index (χ1v) is 10.4. The Balaban J connectivity index is 1.76. The number of carbonyl (C=O) groups excluding carboxylic acids is 1. The van der Waals surface area contributed by atoms with Crippen LogP contribution in [0, 0.1) is 0 Å². The highest BCUT2D eigenvalue weighted by molar-refractivity contribution is 6.05. The lowest BCUT2D eigenvalue weighted by Gasteiger charge is -2.25. The van der Waals surface area contributed by atoms with Gasteiger partial charge < -0.3 is 19.9 Å². The van der Waals surface area contributed by atoms with Gasteiger partial charge >= 0.3 is 0 Å². The number of pyridine rings is 1. The molecular weight excluding hydrogens is 418 g/mol. The minimum atomic E-state index is -0.329. The first-order valence-electron chi connectivity index (χ1n) is 10.4. The van der Waals surface area contributed by atoms with Crippen LogP contribution in [0.3, 0.4) is 0 Å². The third-order valence-electron chi connectivity index (χ3n) is 4.99. The summed E-state index contributed by atoms with van der Waals surface area (Å²) >= 11 is 0. The number of nitrogens with zero attached hydrogens (tertiary/aromatic N) is 6. The fraction of sp³-hybridized carbons (Fsp3) is 0.250. The summed E-state index contributed by atoms with van der Waals surface area (Å²) in [6.45, 7) is 2.31. The Kier molecular flexibility index (Phi) is 8.24. The number of likely N-dealkylation sites (N-methyl/N-ethyl adjacent to an activating group) is 1. The van der Waals surface area contributed by atoms with E-state index in [0.717, 1.165) is 30.2 Å². The van der Waals surface area contributed by atoms with E-state index in [1.165, 1.54) is 0 Å². The molecule has 2 aromatic carbocycles. The van der Waals surface area contributed by atoms with Crippen molar-refractivity contribution in [3.8, 4) is 5.75 Å². The first kappa shape index (κ1) is 23.6. The Morgan fingerprint density at radius 2 is 1.85 bits per heavy atom. The molecule has 1 N–H and O–H groups in total. The Labute approximate surface area is 193 Å². The predicted molar refractivity (Wildman–Crippen MR) is 130 cm³/mol. The minimum Gasteiger partial charge on any atom is -0.497 e. The van der Waals surface area contributed by atoms with Crippen LogP contribution >= 0.6 is 0 Å². The van der Waals surface area contributed by atoms with E-state index in [4.69, 9.17) is 10.3 Å². The zero-order valence-corrected chi connectivity index (χ0v) is 19.0. The van der Waals surface area contributed by atoms with E-state index in [2.05, 4.69) is 30.1 Å². The summed E-state index contributed by atoms with van der Waals surface area (Å²) in [5, 5.41) is 6.38. The number of para-hydroxylation sites is 1.